The van der Waals surface area contributed by atoms with Gasteiger partial charge in [0.25, 0.3) is 0 Å². The van der Waals surface area contributed by atoms with E-state index in [0.29, 0.717) is 0 Å². The molecule has 0 unspecified atom stereocenters. The second-order valence-electron chi connectivity index (χ2n) is 12.9. The number of nitrogens with one attached hydrogen (secondary N) is 2. The molecule has 2 N–H and O–H groups in total. The van der Waals surface area contributed by atoms with Gasteiger partial charge in [0.15, 0.2) is 28.9 Å². The summed E-state index contributed by atoms with van der Waals surface area (Å²) in [4.78, 5) is 27.0. The first-order valence-electron chi connectivity index (χ1n) is 19.4. The first kappa shape index (κ1) is 40.4. The van der Waals surface area contributed by atoms with E-state index in [1.807, 2.05) is 184 Å². The Bertz CT molecular complexity index is 2630. The Balaban J connectivity index is 0.000000101. The molecule has 0 radical (unpaired) electrons. The molecule has 17 nitrogen and oxygen atoms in total. The van der Waals surface area contributed by atoms with Gasteiger partial charge in [0.05, 0.1) is 35.3 Å². The Morgan fingerprint density at radius 2 is 1.17 bits per heavy atom. The van der Waals surface area contributed by atoms with Crippen molar-refractivity contribution in [2.24, 2.45) is 0 Å². The maximum absolute atomic E-state index is 5.01. The van der Waals surface area contributed by atoms with Crippen LogP contribution in [0.5, 0.6) is 0 Å². The number of hydrogen-bond acceptors (Lipinski definition) is 11. The number of H-pyrrole nitrogens is 2. The third-order valence-corrected chi connectivity index (χ3v) is 8.81. The Kier molecular flexibility index (Phi) is 13.5. The van der Waals surface area contributed by atoms with Crippen molar-refractivity contribution < 1.29 is 4.42 Å². The van der Waals surface area contributed by atoms with Gasteiger partial charge < -0.3 is 18.2 Å². The molecule has 17 heteroatoms. The van der Waals surface area contributed by atoms with Gasteiger partial charge in [-0.2, -0.15) is 10.2 Å². The normalized spacial score (nSPS) is 10.2. The molecule has 14 aromatic rings. The van der Waals surface area contributed by atoms with Crippen molar-refractivity contribution in [3.63, 3.8) is 0 Å². The minimum Gasteiger partial charge on any atom is -0.443 e. The zero-order valence-electron chi connectivity index (χ0n) is 33.5. The van der Waals surface area contributed by atoms with Crippen molar-refractivity contribution >= 4 is 55.6 Å². The van der Waals surface area contributed by atoms with Crippen LogP contribution < -0.4 is 0 Å². The van der Waals surface area contributed by atoms with Gasteiger partial charge in [0.2, 0.25) is 0 Å². The molecule has 11 heterocycles. The molecule has 0 spiro atoms. The number of hydrogen-bond donors (Lipinski definition) is 2. The molecular weight excluding hydrogens is 793 g/mol. The van der Waals surface area contributed by atoms with Gasteiger partial charge >= 0.3 is 0 Å². The van der Waals surface area contributed by atoms with Crippen LogP contribution in [0.2, 0.25) is 0 Å². The highest BCUT2D eigenvalue weighted by Gasteiger charge is 1.93. The lowest BCUT2D eigenvalue weighted by molar-refractivity contribution is 0.602. The molecule has 0 atom stereocenters. The number of rotatable bonds is 0. The third-order valence-electron chi connectivity index (χ3n) is 8.81. The van der Waals surface area contributed by atoms with Gasteiger partial charge in [0, 0.05) is 61.2 Å². The van der Waals surface area contributed by atoms with Crippen LogP contribution in [0.3, 0.4) is 0 Å². The minimum atomic E-state index is 0.845. The summed E-state index contributed by atoms with van der Waals surface area (Å²) in [6.07, 6.45) is 26.6. The second kappa shape index (κ2) is 21.0. The minimum absolute atomic E-state index is 0.845. The summed E-state index contributed by atoms with van der Waals surface area (Å²) in [6.45, 7) is 0. The van der Waals surface area contributed by atoms with E-state index < -0.39 is 0 Å². The van der Waals surface area contributed by atoms with Crippen LogP contribution in [0, 0.1) is 0 Å². The number of pyridine rings is 3. The maximum Gasteiger partial charge on any atom is 0.181 e. The molecule has 63 heavy (non-hydrogen) atoms. The summed E-state index contributed by atoms with van der Waals surface area (Å²) in [6, 6.07) is 41.1. The number of fused-ring (bicyclic) bond motifs is 7. The van der Waals surface area contributed by atoms with E-state index in [1.165, 1.54) is 12.7 Å². The van der Waals surface area contributed by atoms with Gasteiger partial charge in [-0.15, -0.1) is 10.2 Å². The van der Waals surface area contributed by atoms with Crippen molar-refractivity contribution in [2.75, 3.05) is 0 Å². The number of nitrogens with zero attached hydrogens (tertiary/aromatic N) is 14. The number of aromatic amines is 2. The molecular formula is C46H38N16O. The van der Waals surface area contributed by atoms with Crippen LogP contribution in [0.15, 0.2) is 225 Å². The van der Waals surface area contributed by atoms with Crippen molar-refractivity contribution in [1.82, 2.24) is 78.1 Å². The molecule has 0 saturated carbocycles. The average molecular weight is 831 g/mol. The summed E-state index contributed by atoms with van der Waals surface area (Å²) in [7, 11) is 0. The standard InChI is InChI=1S/3C7H6N2.C7H5NO.3C6H5N3/c1-2-5-9-6-4-8-7(9)3-1;1-2-4-7-6(3-1)8-5-9-7;1-2-4-7-6(3-1)5-8-9-7;1-2-4-7-6(3-1)8-5-9-7;1-3-9-4-2-8-6(9)5-7-1;1-2-4-9-5-7-8-6(9)3-1;1-2-4-9-6(3-1)7-5-8-9/h1-6H;2*1-5H,(H,8,9);4*1-5H. The topological polar surface area (TPSA) is 191 Å². The van der Waals surface area contributed by atoms with Gasteiger partial charge in [0.1, 0.15) is 23.8 Å². The Labute approximate surface area is 358 Å². The zero-order valence-corrected chi connectivity index (χ0v) is 33.5. The molecule has 3 aromatic carbocycles. The van der Waals surface area contributed by atoms with E-state index in [4.69, 9.17) is 4.42 Å². The summed E-state index contributed by atoms with van der Waals surface area (Å²) in [5.41, 5.74) is 8.63. The van der Waals surface area contributed by atoms with E-state index in [0.717, 1.165) is 55.6 Å². The molecule has 14 rings (SSSR count). The van der Waals surface area contributed by atoms with Gasteiger partial charge in [-0.3, -0.25) is 14.5 Å². The Hall–Kier alpha value is -9.38. The lowest BCUT2D eigenvalue weighted by Gasteiger charge is -1.86. The second-order valence-corrected chi connectivity index (χ2v) is 12.9. The fourth-order valence-corrected chi connectivity index (χ4v) is 5.74. The fraction of sp³-hybridized carbons (Fsp3) is 0. The van der Waals surface area contributed by atoms with E-state index >= 15 is 0 Å². The first-order chi connectivity index (χ1) is 31.3. The highest BCUT2D eigenvalue weighted by molar-refractivity contribution is 5.77. The summed E-state index contributed by atoms with van der Waals surface area (Å²) in [5.74, 6) is 0. The summed E-state index contributed by atoms with van der Waals surface area (Å²) in [5, 5.41) is 19.4. The van der Waals surface area contributed by atoms with Crippen LogP contribution in [-0.4, -0.2) is 78.1 Å². The zero-order chi connectivity index (χ0) is 42.7. The third kappa shape index (κ3) is 11.2. The SMILES string of the molecule is c1ccc2[nH]cnc2c1.c1ccc2[nH]ncc2c1.c1ccc2ocnc2c1.c1ccn2ccnc2c1.c1ccn2cnnc2c1.c1ccn2ncnc2c1.c1cn2ccnc2cn1. The van der Waals surface area contributed by atoms with E-state index in [9.17, 15) is 0 Å². The van der Waals surface area contributed by atoms with Crippen molar-refractivity contribution in [3.8, 4) is 0 Å². The lowest BCUT2D eigenvalue weighted by Crippen LogP contribution is -1.82. The van der Waals surface area contributed by atoms with E-state index in [2.05, 4.69) is 60.4 Å². The largest absolute Gasteiger partial charge is 0.443 e. The molecule has 308 valence electrons. The first-order valence-corrected chi connectivity index (χ1v) is 19.4. The van der Waals surface area contributed by atoms with E-state index in [1.54, 1.807) is 42.0 Å². The fourth-order valence-electron chi connectivity index (χ4n) is 5.74. The molecule has 0 fully saturated rings. The Morgan fingerprint density at radius 3 is 1.95 bits per heavy atom. The van der Waals surface area contributed by atoms with Crippen LogP contribution >= 0.6 is 0 Å². The number of para-hydroxylation sites is 5. The van der Waals surface area contributed by atoms with Crippen molar-refractivity contribution in [1.29, 1.82) is 0 Å². The van der Waals surface area contributed by atoms with Gasteiger partial charge in [-0.25, -0.2) is 29.4 Å². The van der Waals surface area contributed by atoms with Crippen molar-refractivity contribution in [2.45, 2.75) is 0 Å². The van der Waals surface area contributed by atoms with Gasteiger partial charge in [-0.05, 0) is 66.7 Å². The maximum atomic E-state index is 5.01. The number of aromatic nitrogens is 16. The molecule has 0 bridgehead atoms. The molecule has 11 aromatic heterocycles. The van der Waals surface area contributed by atoms with Crippen LogP contribution in [0.25, 0.3) is 55.6 Å². The quantitative estimate of drug-likeness (QED) is 0.149. The number of imidazole rings is 3. The molecule has 0 saturated heterocycles. The number of benzene rings is 3. The average Bonchev–Trinajstić information content (AvgIpc) is 4.21. The van der Waals surface area contributed by atoms with Crippen LogP contribution in [0.1, 0.15) is 0 Å². The predicted molar refractivity (Wildman–Crippen MR) is 240 cm³/mol. The molecule has 0 aliphatic carbocycles. The molecule has 0 aliphatic heterocycles. The monoisotopic (exact) mass is 830 g/mol. The highest BCUT2D eigenvalue weighted by Crippen LogP contribution is 2.10. The van der Waals surface area contributed by atoms with E-state index in [-0.39, 0.29) is 0 Å². The van der Waals surface area contributed by atoms with Crippen LogP contribution in [-0.2, 0) is 0 Å². The summed E-state index contributed by atoms with van der Waals surface area (Å²) < 4.78 is 12.5. The molecule has 0 amide bonds. The molecule has 0 aliphatic rings. The smallest absolute Gasteiger partial charge is 0.181 e. The number of oxazole rings is 1. The Morgan fingerprint density at radius 1 is 0.492 bits per heavy atom. The van der Waals surface area contributed by atoms with Crippen LogP contribution in [0.4, 0.5) is 0 Å². The predicted octanol–water partition coefficient (Wildman–Crippen LogP) is 8.48. The van der Waals surface area contributed by atoms with Crippen molar-refractivity contribution in [3.05, 3.63) is 221 Å². The lowest BCUT2D eigenvalue weighted by atomic mass is 10.3. The summed E-state index contributed by atoms with van der Waals surface area (Å²) >= 11 is 0. The highest BCUT2D eigenvalue weighted by atomic mass is 16.3. The van der Waals surface area contributed by atoms with Gasteiger partial charge in [-0.1, -0.05) is 60.7 Å².